The summed E-state index contributed by atoms with van der Waals surface area (Å²) in [4.78, 5) is 32.9. The summed E-state index contributed by atoms with van der Waals surface area (Å²) in [5, 5.41) is 15.7. The first-order valence-corrected chi connectivity index (χ1v) is 6.52. The molecule has 0 bridgehead atoms. The minimum absolute atomic E-state index is 0.0876. The first-order chi connectivity index (χ1) is 8.99. The smallest absolute Gasteiger partial charge is 0.322 e. The predicted molar refractivity (Wildman–Crippen MR) is 68.6 cm³/mol. The van der Waals surface area contributed by atoms with Crippen molar-refractivity contribution < 1.29 is 19.5 Å². The second-order valence-corrected chi connectivity index (χ2v) is 4.83. The maximum atomic E-state index is 11.5. The highest BCUT2D eigenvalue weighted by atomic mass is 16.4. The van der Waals surface area contributed by atoms with Gasteiger partial charge in [0.1, 0.15) is 6.54 Å². The molecule has 0 aromatic carbocycles. The molecule has 0 radical (unpaired) electrons. The number of carboxylic acid groups (broad SMARTS) is 1. The van der Waals surface area contributed by atoms with E-state index in [1.54, 1.807) is 0 Å². The summed E-state index contributed by atoms with van der Waals surface area (Å²) in [5.74, 6) is -1.13. The molecule has 7 nitrogen and oxygen atoms in total. The number of rotatable bonds is 6. The lowest BCUT2D eigenvalue weighted by Gasteiger charge is -2.20. The van der Waals surface area contributed by atoms with Crippen LogP contribution in [-0.4, -0.2) is 42.1 Å². The Labute approximate surface area is 112 Å². The lowest BCUT2D eigenvalue weighted by Crippen LogP contribution is -2.47. The van der Waals surface area contributed by atoms with Crippen molar-refractivity contribution >= 4 is 17.9 Å². The third-order valence-corrected chi connectivity index (χ3v) is 3.31. The van der Waals surface area contributed by atoms with Crippen molar-refractivity contribution in [3.8, 4) is 0 Å². The zero-order valence-electron chi connectivity index (χ0n) is 11.1. The number of urea groups is 1. The van der Waals surface area contributed by atoms with Crippen molar-refractivity contribution in [3.05, 3.63) is 0 Å². The Hall–Kier alpha value is -1.79. The third kappa shape index (κ3) is 6.08. The molecule has 7 heteroatoms. The van der Waals surface area contributed by atoms with Crippen LogP contribution in [0.15, 0.2) is 0 Å². The molecule has 0 aromatic heterocycles. The predicted octanol–water partition coefficient (Wildman–Crippen LogP) is 0.0651. The van der Waals surface area contributed by atoms with Gasteiger partial charge < -0.3 is 21.1 Å². The molecular formula is C12H21N3O4. The highest BCUT2D eigenvalue weighted by Crippen LogP contribution is 2.27. The highest BCUT2D eigenvalue weighted by Gasteiger charge is 2.22. The fraction of sp³-hybridized carbons (Fsp3) is 0.750. The third-order valence-electron chi connectivity index (χ3n) is 3.31. The second-order valence-electron chi connectivity index (χ2n) is 4.83. The van der Waals surface area contributed by atoms with E-state index in [-0.39, 0.29) is 12.6 Å². The van der Waals surface area contributed by atoms with Crippen LogP contribution in [0.5, 0.6) is 0 Å². The zero-order chi connectivity index (χ0) is 14.3. The van der Waals surface area contributed by atoms with Crippen LogP contribution in [0.2, 0.25) is 0 Å². The lowest BCUT2D eigenvalue weighted by atomic mass is 10.0. The van der Waals surface area contributed by atoms with Crippen LogP contribution in [0.25, 0.3) is 0 Å². The largest absolute Gasteiger partial charge is 0.480 e. The van der Waals surface area contributed by atoms with Crippen LogP contribution in [0, 0.1) is 5.92 Å². The van der Waals surface area contributed by atoms with Crippen LogP contribution in [0.4, 0.5) is 4.79 Å². The van der Waals surface area contributed by atoms with Gasteiger partial charge in [0.2, 0.25) is 5.91 Å². The standard InChI is InChI=1S/C12H21N3O4/c1-8(9-4-2-3-5-9)15-12(19)14-6-10(16)13-7-11(17)18/h8-9H,2-7H2,1H3,(H,13,16)(H,17,18)(H2,14,15,19). The fourth-order valence-corrected chi connectivity index (χ4v) is 2.23. The monoisotopic (exact) mass is 271 g/mol. The number of hydrogen-bond acceptors (Lipinski definition) is 3. The molecule has 19 heavy (non-hydrogen) atoms. The summed E-state index contributed by atoms with van der Waals surface area (Å²) in [5.41, 5.74) is 0. The van der Waals surface area contributed by atoms with Gasteiger partial charge in [-0.15, -0.1) is 0 Å². The molecule has 1 rings (SSSR count). The average Bonchev–Trinajstić information content (AvgIpc) is 2.87. The van der Waals surface area contributed by atoms with Gasteiger partial charge in [-0.2, -0.15) is 0 Å². The van der Waals surface area contributed by atoms with Crippen LogP contribution in [0.1, 0.15) is 32.6 Å². The van der Waals surface area contributed by atoms with Crippen LogP contribution >= 0.6 is 0 Å². The maximum absolute atomic E-state index is 11.5. The molecule has 1 unspecified atom stereocenters. The van der Waals surface area contributed by atoms with E-state index in [2.05, 4.69) is 16.0 Å². The zero-order valence-corrected chi connectivity index (χ0v) is 11.1. The summed E-state index contributed by atoms with van der Waals surface area (Å²) in [6.07, 6.45) is 4.66. The number of hydrogen-bond donors (Lipinski definition) is 4. The van der Waals surface area contributed by atoms with Gasteiger partial charge in [0.05, 0.1) is 6.54 Å². The number of carboxylic acids is 1. The van der Waals surface area contributed by atoms with E-state index in [0.29, 0.717) is 5.92 Å². The summed E-state index contributed by atoms with van der Waals surface area (Å²) >= 11 is 0. The van der Waals surface area contributed by atoms with Gasteiger partial charge in [0.25, 0.3) is 0 Å². The van der Waals surface area contributed by atoms with Gasteiger partial charge >= 0.3 is 12.0 Å². The molecule has 0 heterocycles. The molecule has 3 amide bonds. The second kappa shape index (κ2) is 7.60. The number of aliphatic carboxylic acids is 1. The van der Waals surface area contributed by atoms with Crippen molar-refractivity contribution in [1.29, 1.82) is 0 Å². The topological polar surface area (TPSA) is 108 Å². The minimum atomic E-state index is -1.12. The number of amides is 3. The van der Waals surface area contributed by atoms with Crippen molar-refractivity contribution in [2.75, 3.05) is 13.1 Å². The number of carbonyl (C=O) groups excluding carboxylic acids is 2. The molecule has 0 aliphatic heterocycles. The molecule has 0 spiro atoms. The van der Waals surface area contributed by atoms with E-state index in [1.165, 1.54) is 12.8 Å². The Morgan fingerprint density at radius 3 is 2.37 bits per heavy atom. The Kier molecular flexibility index (Phi) is 6.11. The highest BCUT2D eigenvalue weighted by molar-refractivity contribution is 5.86. The Bertz CT molecular complexity index is 340. The molecule has 1 fully saturated rings. The van der Waals surface area contributed by atoms with Gasteiger partial charge in [-0.05, 0) is 25.7 Å². The summed E-state index contributed by atoms with van der Waals surface area (Å²) in [7, 11) is 0. The molecule has 1 aliphatic carbocycles. The molecule has 1 aliphatic rings. The first-order valence-electron chi connectivity index (χ1n) is 6.52. The van der Waals surface area contributed by atoms with Crippen molar-refractivity contribution in [1.82, 2.24) is 16.0 Å². The molecule has 0 saturated heterocycles. The quantitative estimate of drug-likeness (QED) is 0.548. The summed E-state index contributed by atoms with van der Waals surface area (Å²) < 4.78 is 0. The maximum Gasteiger partial charge on any atom is 0.322 e. The SMILES string of the molecule is CC(NC(=O)NCC(=O)NCC(=O)O)C1CCCC1. The van der Waals surface area contributed by atoms with Crippen LogP contribution in [-0.2, 0) is 9.59 Å². The van der Waals surface area contributed by atoms with Gasteiger partial charge in [0, 0.05) is 6.04 Å². The van der Waals surface area contributed by atoms with Gasteiger partial charge in [-0.3, -0.25) is 9.59 Å². The van der Waals surface area contributed by atoms with E-state index < -0.39 is 24.5 Å². The minimum Gasteiger partial charge on any atom is -0.480 e. The van der Waals surface area contributed by atoms with Crippen molar-refractivity contribution in [3.63, 3.8) is 0 Å². The van der Waals surface area contributed by atoms with Gasteiger partial charge in [-0.1, -0.05) is 12.8 Å². The number of nitrogens with one attached hydrogen (secondary N) is 3. The van der Waals surface area contributed by atoms with E-state index >= 15 is 0 Å². The molecule has 1 saturated carbocycles. The van der Waals surface area contributed by atoms with Crippen molar-refractivity contribution in [2.24, 2.45) is 5.92 Å². The molecule has 1 atom stereocenters. The molecule has 0 aromatic rings. The first kappa shape index (κ1) is 15.3. The Morgan fingerprint density at radius 2 is 1.79 bits per heavy atom. The lowest BCUT2D eigenvalue weighted by molar-refractivity contribution is -0.137. The van der Waals surface area contributed by atoms with Gasteiger partial charge in [-0.25, -0.2) is 4.79 Å². The molecule has 108 valence electrons. The Morgan fingerprint density at radius 1 is 1.16 bits per heavy atom. The van der Waals surface area contributed by atoms with Crippen LogP contribution < -0.4 is 16.0 Å². The number of carbonyl (C=O) groups is 3. The van der Waals surface area contributed by atoms with E-state index in [9.17, 15) is 14.4 Å². The normalized spacial score (nSPS) is 16.7. The van der Waals surface area contributed by atoms with E-state index in [1.807, 2.05) is 6.92 Å². The van der Waals surface area contributed by atoms with Crippen LogP contribution in [0.3, 0.4) is 0 Å². The fourth-order valence-electron chi connectivity index (χ4n) is 2.23. The van der Waals surface area contributed by atoms with E-state index in [0.717, 1.165) is 12.8 Å². The van der Waals surface area contributed by atoms with Crippen molar-refractivity contribution in [2.45, 2.75) is 38.6 Å². The van der Waals surface area contributed by atoms with Gasteiger partial charge in [0.15, 0.2) is 0 Å². The summed E-state index contributed by atoms with van der Waals surface area (Å²) in [6, 6.07) is -0.311. The Balaban J connectivity index is 2.16. The molecule has 4 N–H and O–H groups in total. The average molecular weight is 271 g/mol. The molecular weight excluding hydrogens is 250 g/mol. The van der Waals surface area contributed by atoms with E-state index in [4.69, 9.17) is 5.11 Å². The summed E-state index contributed by atoms with van der Waals surface area (Å²) in [6.45, 7) is 1.29.